The summed E-state index contributed by atoms with van der Waals surface area (Å²) in [6.45, 7) is 4.16. The molecule has 0 amide bonds. The third-order valence-corrected chi connectivity index (χ3v) is 3.24. The number of hydrogen-bond donors (Lipinski definition) is 1. The first-order valence-electron chi connectivity index (χ1n) is 6.65. The fourth-order valence-corrected chi connectivity index (χ4v) is 2.21. The minimum atomic E-state index is -0.117. The third kappa shape index (κ3) is 3.19. The largest absolute Gasteiger partial charge is 0.338 e. The Bertz CT molecular complexity index is 331. The Morgan fingerprint density at radius 1 is 1.29 bits per heavy atom. The Morgan fingerprint density at radius 2 is 2.00 bits per heavy atom. The fraction of sp³-hybridized carbons (Fsp3) is 0.833. The van der Waals surface area contributed by atoms with Crippen molar-refractivity contribution in [1.82, 2.24) is 10.1 Å². The van der Waals surface area contributed by atoms with Crippen molar-refractivity contribution in [1.29, 1.82) is 0 Å². The summed E-state index contributed by atoms with van der Waals surface area (Å²) < 4.78 is 5.25. The molecule has 1 aromatic heterocycles. The van der Waals surface area contributed by atoms with E-state index in [4.69, 9.17) is 10.3 Å². The normalized spacial score (nSPS) is 19.1. The topological polar surface area (TPSA) is 68.2 Å². The Hall–Kier alpha value is -1.10. The van der Waals surface area contributed by atoms with Crippen molar-refractivity contribution in [2.45, 2.75) is 51.5 Å². The van der Waals surface area contributed by atoms with Crippen LogP contribution in [-0.2, 0) is 0 Å². The van der Waals surface area contributed by atoms with Gasteiger partial charge < -0.3 is 15.2 Å². The Labute approximate surface area is 102 Å². The maximum absolute atomic E-state index is 5.96. The molecule has 17 heavy (non-hydrogen) atoms. The van der Waals surface area contributed by atoms with Crippen molar-refractivity contribution in [3.05, 3.63) is 5.89 Å². The average Bonchev–Trinajstić information content (AvgIpc) is 2.66. The maximum Gasteiger partial charge on any atom is 0.266 e. The highest BCUT2D eigenvalue weighted by atomic mass is 16.5. The van der Waals surface area contributed by atoms with E-state index in [1.807, 2.05) is 0 Å². The Balaban J connectivity index is 2.01. The van der Waals surface area contributed by atoms with Gasteiger partial charge in [-0.2, -0.15) is 4.98 Å². The highest BCUT2D eigenvalue weighted by molar-refractivity contribution is 5.27. The number of rotatable bonds is 4. The average molecular weight is 238 g/mol. The fourth-order valence-electron chi connectivity index (χ4n) is 2.21. The summed E-state index contributed by atoms with van der Waals surface area (Å²) in [6, 6.07) is -0.117. The van der Waals surface area contributed by atoms with E-state index in [2.05, 4.69) is 22.0 Å². The van der Waals surface area contributed by atoms with E-state index in [1.165, 1.54) is 25.7 Å². The van der Waals surface area contributed by atoms with Gasteiger partial charge in [0, 0.05) is 13.1 Å². The second kappa shape index (κ2) is 6.00. The van der Waals surface area contributed by atoms with Crippen LogP contribution in [0.5, 0.6) is 0 Å². The van der Waals surface area contributed by atoms with Gasteiger partial charge in [-0.15, -0.1) is 0 Å². The molecule has 0 radical (unpaired) electrons. The molecule has 0 spiro atoms. The van der Waals surface area contributed by atoms with Gasteiger partial charge in [0.1, 0.15) is 0 Å². The van der Waals surface area contributed by atoms with Gasteiger partial charge in [-0.25, -0.2) is 0 Å². The Kier molecular flexibility index (Phi) is 4.36. The summed E-state index contributed by atoms with van der Waals surface area (Å²) in [4.78, 5) is 6.62. The van der Waals surface area contributed by atoms with Crippen LogP contribution < -0.4 is 10.6 Å². The molecule has 96 valence electrons. The smallest absolute Gasteiger partial charge is 0.266 e. The van der Waals surface area contributed by atoms with Crippen molar-refractivity contribution in [3.8, 4) is 0 Å². The van der Waals surface area contributed by atoms with Crippen molar-refractivity contribution in [3.63, 3.8) is 0 Å². The van der Waals surface area contributed by atoms with Gasteiger partial charge in [0.25, 0.3) is 5.95 Å². The summed E-state index contributed by atoms with van der Waals surface area (Å²) in [5, 5.41) is 4.04. The van der Waals surface area contributed by atoms with Crippen molar-refractivity contribution in [2.24, 2.45) is 5.73 Å². The summed E-state index contributed by atoms with van der Waals surface area (Å²) in [7, 11) is 0. The van der Waals surface area contributed by atoms with Gasteiger partial charge in [0.05, 0.1) is 6.04 Å². The first kappa shape index (κ1) is 12.4. The predicted octanol–water partition coefficient (Wildman–Crippen LogP) is 2.25. The molecule has 5 nitrogen and oxygen atoms in total. The molecule has 5 heteroatoms. The molecule has 0 unspecified atom stereocenters. The van der Waals surface area contributed by atoms with E-state index in [0.717, 1.165) is 25.9 Å². The van der Waals surface area contributed by atoms with E-state index >= 15 is 0 Å². The zero-order chi connectivity index (χ0) is 12.1. The molecule has 1 aliphatic heterocycles. The molecule has 2 heterocycles. The van der Waals surface area contributed by atoms with Gasteiger partial charge in [-0.1, -0.05) is 26.2 Å². The van der Waals surface area contributed by atoms with Crippen LogP contribution in [-0.4, -0.2) is 23.2 Å². The van der Waals surface area contributed by atoms with E-state index < -0.39 is 0 Å². The minimum absolute atomic E-state index is 0.117. The molecule has 1 aliphatic rings. The van der Waals surface area contributed by atoms with Crippen LogP contribution in [0.3, 0.4) is 0 Å². The second-order valence-electron chi connectivity index (χ2n) is 4.73. The quantitative estimate of drug-likeness (QED) is 0.871. The van der Waals surface area contributed by atoms with Crippen LogP contribution in [0.15, 0.2) is 4.52 Å². The van der Waals surface area contributed by atoms with Crippen LogP contribution in [0.1, 0.15) is 57.4 Å². The van der Waals surface area contributed by atoms with Gasteiger partial charge in [-0.05, 0) is 24.4 Å². The molecule has 0 bridgehead atoms. The van der Waals surface area contributed by atoms with E-state index in [0.29, 0.717) is 11.8 Å². The molecular formula is C12H22N4O. The molecule has 1 fully saturated rings. The molecule has 1 saturated heterocycles. The van der Waals surface area contributed by atoms with Gasteiger partial charge in [0.2, 0.25) is 5.89 Å². The van der Waals surface area contributed by atoms with Crippen LogP contribution in [0.4, 0.5) is 5.95 Å². The van der Waals surface area contributed by atoms with Crippen molar-refractivity contribution >= 4 is 5.95 Å². The molecule has 2 N–H and O–H groups in total. The Morgan fingerprint density at radius 3 is 2.65 bits per heavy atom. The molecule has 2 rings (SSSR count). The number of anilines is 1. The van der Waals surface area contributed by atoms with Gasteiger partial charge in [-0.3, -0.25) is 0 Å². The molecule has 1 aromatic rings. The molecule has 0 aromatic carbocycles. The molecular weight excluding hydrogens is 216 g/mol. The number of aromatic nitrogens is 2. The lowest BCUT2D eigenvalue weighted by molar-refractivity contribution is 0.347. The molecule has 0 saturated carbocycles. The summed E-state index contributed by atoms with van der Waals surface area (Å²) in [6.07, 6.45) is 6.95. The first-order valence-corrected chi connectivity index (χ1v) is 6.65. The van der Waals surface area contributed by atoms with E-state index in [9.17, 15) is 0 Å². The van der Waals surface area contributed by atoms with Gasteiger partial charge in [0.15, 0.2) is 0 Å². The predicted molar refractivity (Wildman–Crippen MR) is 66.8 cm³/mol. The zero-order valence-corrected chi connectivity index (χ0v) is 10.6. The monoisotopic (exact) mass is 238 g/mol. The standard InChI is InChI=1S/C12H22N4O/c1-2-7-10(13)11-14-12(15-17-11)16-8-5-3-4-6-9-16/h10H,2-9,13H2,1H3/t10-/m1/s1. The first-order chi connectivity index (χ1) is 8.31. The highest BCUT2D eigenvalue weighted by Gasteiger charge is 2.18. The zero-order valence-electron chi connectivity index (χ0n) is 10.6. The third-order valence-electron chi connectivity index (χ3n) is 3.24. The maximum atomic E-state index is 5.96. The summed E-state index contributed by atoms with van der Waals surface area (Å²) in [5.41, 5.74) is 5.96. The second-order valence-corrected chi connectivity index (χ2v) is 4.73. The number of hydrogen-bond acceptors (Lipinski definition) is 5. The molecule has 0 aliphatic carbocycles. The lowest BCUT2D eigenvalue weighted by atomic mass is 10.2. The lowest BCUT2D eigenvalue weighted by Crippen LogP contribution is -2.25. The lowest BCUT2D eigenvalue weighted by Gasteiger charge is -2.16. The SMILES string of the molecule is CCC[C@@H](N)c1nc(N2CCCCCC2)no1. The van der Waals surface area contributed by atoms with Crippen LogP contribution >= 0.6 is 0 Å². The minimum Gasteiger partial charge on any atom is -0.338 e. The van der Waals surface area contributed by atoms with Gasteiger partial charge >= 0.3 is 0 Å². The number of nitrogens with zero attached hydrogens (tertiary/aromatic N) is 3. The van der Waals surface area contributed by atoms with Crippen LogP contribution in [0, 0.1) is 0 Å². The van der Waals surface area contributed by atoms with Crippen LogP contribution in [0.2, 0.25) is 0 Å². The summed E-state index contributed by atoms with van der Waals surface area (Å²) in [5.74, 6) is 1.29. The van der Waals surface area contributed by atoms with Crippen molar-refractivity contribution < 1.29 is 4.52 Å². The van der Waals surface area contributed by atoms with Crippen LogP contribution in [0.25, 0.3) is 0 Å². The highest BCUT2D eigenvalue weighted by Crippen LogP contribution is 2.19. The van der Waals surface area contributed by atoms with Crippen molar-refractivity contribution in [2.75, 3.05) is 18.0 Å². The molecule has 1 atom stereocenters. The summed E-state index contributed by atoms with van der Waals surface area (Å²) >= 11 is 0. The number of nitrogens with two attached hydrogens (primary N) is 1. The van der Waals surface area contributed by atoms with E-state index in [1.54, 1.807) is 0 Å². The van der Waals surface area contributed by atoms with E-state index in [-0.39, 0.29) is 6.04 Å².